The third-order valence-corrected chi connectivity index (χ3v) is 1.21. The molecule has 0 aliphatic heterocycles. The van der Waals surface area contributed by atoms with Crippen molar-refractivity contribution < 1.29 is 5.11 Å². The van der Waals surface area contributed by atoms with Crippen LogP contribution in [-0.4, -0.2) is 11.7 Å². The summed E-state index contributed by atoms with van der Waals surface area (Å²) < 4.78 is 0. The largest absolute Gasteiger partial charge is 0.392 e. The molecule has 1 N–H and O–H groups in total. The number of hydrogen-bond donors (Lipinski definition) is 1. The lowest BCUT2D eigenvalue weighted by molar-refractivity contribution is 0.343. The lowest BCUT2D eigenvalue weighted by Crippen LogP contribution is -1.68. The molecule has 0 aromatic heterocycles. The number of unbranched alkanes of at least 4 members (excludes halogenated alkanes) is 2. The summed E-state index contributed by atoms with van der Waals surface area (Å²) in [5.74, 6) is 0. The Bertz CT molecular complexity index is 103. The lowest BCUT2D eigenvalue weighted by atomic mass is 10.2. The molecule has 0 atom stereocenters. The Balaban J connectivity index is 3.11. The predicted molar refractivity (Wildman–Crippen MR) is 44.9 cm³/mol. The van der Waals surface area contributed by atoms with Gasteiger partial charge in [-0.2, -0.15) is 0 Å². The summed E-state index contributed by atoms with van der Waals surface area (Å²) in [6.07, 6.45) is 11.3. The number of rotatable bonds is 5. The molecular formula is C9H16O. The summed E-state index contributed by atoms with van der Waals surface area (Å²) in [6.45, 7) is 2.31. The van der Waals surface area contributed by atoms with E-state index in [4.69, 9.17) is 5.11 Å². The van der Waals surface area contributed by atoms with E-state index in [1.54, 1.807) is 6.08 Å². The first-order valence-electron chi connectivity index (χ1n) is 3.84. The van der Waals surface area contributed by atoms with Gasteiger partial charge >= 0.3 is 0 Å². The zero-order chi connectivity index (χ0) is 7.66. The molecular weight excluding hydrogens is 124 g/mol. The minimum Gasteiger partial charge on any atom is -0.392 e. The predicted octanol–water partition coefficient (Wildman–Crippen LogP) is 2.28. The molecule has 0 saturated heterocycles. The van der Waals surface area contributed by atoms with E-state index in [0.717, 1.165) is 6.42 Å². The molecule has 1 heteroatoms. The van der Waals surface area contributed by atoms with Crippen molar-refractivity contribution in [2.45, 2.75) is 26.2 Å². The second-order valence-corrected chi connectivity index (χ2v) is 2.18. The lowest BCUT2D eigenvalue weighted by Gasteiger charge is -1.85. The van der Waals surface area contributed by atoms with Gasteiger partial charge in [0.25, 0.3) is 0 Å². The van der Waals surface area contributed by atoms with E-state index in [1.165, 1.54) is 12.8 Å². The van der Waals surface area contributed by atoms with E-state index in [1.807, 2.05) is 12.2 Å². The normalized spacial score (nSPS) is 11.8. The van der Waals surface area contributed by atoms with Gasteiger partial charge in [0.05, 0.1) is 6.61 Å². The molecule has 0 rings (SSSR count). The zero-order valence-electron chi connectivity index (χ0n) is 6.59. The molecule has 0 radical (unpaired) electrons. The fraction of sp³-hybridized carbons (Fsp3) is 0.556. The van der Waals surface area contributed by atoms with E-state index < -0.39 is 0 Å². The van der Waals surface area contributed by atoms with Gasteiger partial charge in [0, 0.05) is 0 Å². The fourth-order valence-electron chi connectivity index (χ4n) is 0.636. The van der Waals surface area contributed by atoms with Crippen molar-refractivity contribution in [1.29, 1.82) is 0 Å². The Morgan fingerprint density at radius 2 is 1.90 bits per heavy atom. The molecule has 1 nitrogen and oxygen atoms in total. The maximum absolute atomic E-state index is 8.35. The molecule has 58 valence electrons. The summed E-state index contributed by atoms with van der Waals surface area (Å²) in [5, 5.41) is 8.35. The van der Waals surface area contributed by atoms with Crippen molar-refractivity contribution in [2.75, 3.05) is 6.61 Å². The number of aliphatic hydroxyl groups is 1. The van der Waals surface area contributed by atoms with Crippen LogP contribution in [-0.2, 0) is 0 Å². The van der Waals surface area contributed by atoms with Crippen molar-refractivity contribution in [3.63, 3.8) is 0 Å². The van der Waals surface area contributed by atoms with Crippen molar-refractivity contribution in [3.05, 3.63) is 24.3 Å². The summed E-state index contributed by atoms with van der Waals surface area (Å²) in [5.41, 5.74) is 0. The van der Waals surface area contributed by atoms with Gasteiger partial charge in [0.15, 0.2) is 0 Å². The highest BCUT2D eigenvalue weighted by atomic mass is 16.2. The Hall–Kier alpha value is -0.560. The van der Waals surface area contributed by atoms with Crippen LogP contribution in [0.3, 0.4) is 0 Å². The topological polar surface area (TPSA) is 20.2 Å². The molecule has 10 heavy (non-hydrogen) atoms. The van der Waals surface area contributed by atoms with Gasteiger partial charge in [0.2, 0.25) is 0 Å². The Labute approximate surface area is 63.1 Å². The first-order chi connectivity index (χ1) is 4.91. The molecule has 0 heterocycles. The first kappa shape index (κ1) is 9.44. The summed E-state index contributed by atoms with van der Waals surface area (Å²) >= 11 is 0. The van der Waals surface area contributed by atoms with Gasteiger partial charge in [0.1, 0.15) is 0 Å². The molecule has 0 fully saturated rings. The smallest absolute Gasteiger partial charge is 0.0615 e. The molecule has 0 saturated carbocycles. The quantitative estimate of drug-likeness (QED) is 0.459. The fourth-order valence-corrected chi connectivity index (χ4v) is 0.636. The van der Waals surface area contributed by atoms with Crippen LogP contribution >= 0.6 is 0 Å². The first-order valence-corrected chi connectivity index (χ1v) is 3.84. The molecule has 0 aliphatic rings. The van der Waals surface area contributed by atoms with Crippen molar-refractivity contribution in [2.24, 2.45) is 0 Å². The van der Waals surface area contributed by atoms with Gasteiger partial charge in [-0.25, -0.2) is 0 Å². The van der Waals surface area contributed by atoms with Crippen LogP contribution in [0, 0.1) is 0 Å². The number of aliphatic hydroxyl groups excluding tert-OH is 1. The second-order valence-electron chi connectivity index (χ2n) is 2.18. The van der Waals surface area contributed by atoms with Gasteiger partial charge in [-0.1, -0.05) is 44.1 Å². The summed E-state index contributed by atoms with van der Waals surface area (Å²) in [4.78, 5) is 0. The highest BCUT2D eigenvalue weighted by molar-refractivity contribution is 5.01. The van der Waals surface area contributed by atoms with E-state index >= 15 is 0 Å². The highest BCUT2D eigenvalue weighted by Crippen LogP contribution is 1.94. The monoisotopic (exact) mass is 140 g/mol. The van der Waals surface area contributed by atoms with Crippen LogP contribution in [0.2, 0.25) is 0 Å². The summed E-state index contributed by atoms with van der Waals surface area (Å²) in [6, 6.07) is 0. The van der Waals surface area contributed by atoms with Crippen LogP contribution < -0.4 is 0 Å². The minimum absolute atomic E-state index is 0.137. The van der Waals surface area contributed by atoms with Crippen LogP contribution in [0.25, 0.3) is 0 Å². The molecule has 0 aromatic rings. The van der Waals surface area contributed by atoms with Gasteiger partial charge in [-0.3, -0.25) is 0 Å². The zero-order valence-corrected chi connectivity index (χ0v) is 6.59. The standard InChI is InChI=1S/C9H16O/c1-2-3-4-5-6-7-8-9-10/h5-8,10H,2-4,9H2,1H3. The summed E-state index contributed by atoms with van der Waals surface area (Å²) in [7, 11) is 0. The van der Waals surface area contributed by atoms with E-state index in [-0.39, 0.29) is 6.61 Å². The van der Waals surface area contributed by atoms with E-state index in [0.29, 0.717) is 0 Å². The van der Waals surface area contributed by atoms with Crippen LogP contribution in [0.4, 0.5) is 0 Å². The number of allylic oxidation sites excluding steroid dienone is 3. The maximum Gasteiger partial charge on any atom is 0.0615 e. The van der Waals surface area contributed by atoms with Gasteiger partial charge in [-0.15, -0.1) is 0 Å². The van der Waals surface area contributed by atoms with Crippen LogP contribution in [0.1, 0.15) is 26.2 Å². The van der Waals surface area contributed by atoms with Crippen LogP contribution in [0.15, 0.2) is 24.3 Å². The van der Waals surface area contributed by atoms with E-state index in [9.17, 15) is 0 Å². The molecule has 0 aliphatic carbocycles. The average Bonchev–Trinajstić information content (AvgIpc) is 1.97. The highest BCUT2D eigenvalue weighted by Gasteiger charge is 1.74. The molecule has 0 spiro atoms. The number of hydrogen-bond acceptors (Lipinski definition) is 1. The van der Waals surface area contributed by atoms with Crippen molar-refractivity contribution in [3.8, 4) is 0 Å². The van der Waals surface area contributed by atoms with Crippen LogP contribution in [0.5, 0.6) is 0 Å². The maximum atomic E-state index is 8.35. The Morgan fingerprint density at radius 1 is 1.20 bits per heavy atom. The van der Waals surface area contributed by atoms with Crippen molar-refractivity contribution in [1.82, 2.24) is 0 Å². The Morgan fingerprint density at radius 3 is 2.50 bits per heavy atom. The minimum atomic E-state index is 0.137. The average molecular weight is 140 g/mol. The second kappa shape index (κ2) is 8.44. The molecule has 0 unspecified atom stereocenters. The molecule has 0 amide bonds. The SMILES string of the molecule is CCCCC=CC=CCO. The van der Waals surface area contributed by atoms with Gasteiger partial charge in [-0.05, 0) is 6.42 Å². The van der Waals surface area contributed by atoms with Crippen molar-refractivity contribution >= 4 is 0 Å². The van der Waals surface area contributed by atoms with E-state index in [2.05, 4.69) is 13.0 Å². The molecule has 0 aromatic carbocycles. The van der Waals surface area contributed by atoms with Gasteiger partial charge < -0.3 is 5.11 Å². The third-order valence-electron chi connectivity index (χ3n) is 1.21. The molecule has 0 bridgehead atoms. The Kier molecular flexibility index (Phi) is 7.97. The third kappa shape index (κ3) is 7.44.